The van der Waals surface area contributed by atoms with Crippen LogP contribution in [-0.4, -0.2) is 62.6 Å². The van der Waals surface area contributed by atoms with Gasteiger partial charge in [-0.2, -0.15) is 0 Å². The molecule has 0 spiro atoms. The van der Waals surface area contributed by atoms with Crippen LogP contribution in [0.3, 0.4) is 0 Å². The standard InChI is InChI=1S/C25H34N4O7S/c1-17(2)14-26-25(31)19(4)27(15-20-8-11-22(36-5)12-9-20)24(30)16-28(37(6,34)35)23-13-21(29(32)33)10-7-18(23)3/h7-13,17,19H,14-16H2,1-6H3,(H,26,31)/t19-/m1/s1. The van der Waals surface area contributed by atoms with Crippen molar-refractivity contribution in [1.82, 2.24) is 10.2 Å². The van der Waals surface area contributed by atoms with E-state index in [2.05, 4.69) is 5.32 Å². The van der Waals surface area contributed by atoms with E-state index in [4.69, 9.17) is 4.74 Å². The molecule has 0 saturated carbocycles. The van der Waals surface area contributed by atoms with Crippen molar-refractivity contribution >= 4 is 33.2 Å². The van der Waals surface area contributed by atoms with Gasteiger partial charge in [-0.15, -0.1) is 0 Å². The van der Waals surface area contributed by atoms with Gasteiger partial charge in [0.05, 0.1) is 24.0 Å². The Balaban J connectivity index is 2.45. The van der Waals surface area contributed by atoms with E-state index in [-0.39, 0.29) is 29.7 Å². The summed E-state index contributed by atoms with van der Waals surface area (Å²) in [5.74, 6) is -0.208. The van der Waals surface area contributed by atoms with E-state index in [1.807, 2.05) is 13.8 Å². The third-order valence-electron chi connectivity index (χ3n) is 5.72. The molecule has 2 aromatic rings. The Hall–Kier alpha value is -3.67. The molecule has 12 heteroatoms. The number of nitrogens with zero attached hydrogens (tertiary/aromatic N) is 3. The molecule has 37 heavy (non-hydrogen) atoms. The van der Waals surface area contributed by atoms with E-state index in [9.17, 15) is 28.1 Å². The molecule has 1 atom stereocenters. The third kappa shape index (κ3) is 8.17. The zero-order valence-electron chi connectivity index (χ0n) is 21.9. The summed E-state index contributed by atoms with van der Waals surface area (Å²) in [6, 6.07) is 9.82. The topological polar surface area (TPSA) is 139 Å². The molecule has 0 aromatic heterocycles. The van der Waals surface area contributed by atoms with Crippen molar-refractivity contribution in [3.05, 3.63) is 63.7 Å². The van der Waals surface area contributed by atoms with Crippen molar-refractivity contribution < 1.29 is 27.7 Å². The van der Waals surface area contributed by atoms with Gasteiger partial charge in [-0.25, -0.2) is 8.42 Å². The van der Waals surface area contributed by atoms with Gasteiger partial charge >= 0.3 is 0 Å². The van der Waals surface area contributed by atoms with Crippen molar-refractivity contribution in [2.24, 2.45) is 5.92 Å². The van der Waals surface area contributed by atoms with E-state index < -0.39 is 33.4 Å². The summed E-state index contributed by atoms with van der Waals surface area (Å²) in [4.78, 5) is 38.4. The monoisotopic (exact) mass is 534 g/mol. The Kier molecular flexibility index (Phi) is 10.0. The Morgan fingerprint density at radius 1 is 1.11 bits per heavy atom. The second-order valence-corrected chi connectivity index (χ2v) is 11.1. The van der Waals surface area contributed by atoms with Gasteiger partial charge in [-0.05, 0) is 43.0 Å². The number of aryl methyl sites for hydroxylation is 1. The predicted octanol–water partition coefficient (Wildman–Crippen LogP) is 2.87. The number of anilines is 1. The number of ether oxygens (including phenoxy) is 1. The van der Waals surface area contributed by atoms with E-state index in [1.165, 1.54) is 24.1 Å². The number of hydrogen-bond donors (Lipinski definition) is 1. The lowest BCUT2D eigenvalue weighted by Gasteiger charge is -2.32. The molecular formula is C25H34N4O7S. The number of nitrogens with one attached hydrogen (secondary N) is 1. The molecule has 1 N–H and O–H groups in total. The summed E-state index contributed by atoms with van der Waals surface area (Å²) < 4.78 is 31.5. The normalized spacial score (nSPS) is 12.1. The van der Waals surface area contributed by atoms with Crippen LogP contribution in [0.4, 0.5) is 11.4 Å². The SMILES string of the molecule is COc1ccc(CN(C(=O)CN(c2cc([N+](=O)[O-])ccc2C)S(C)(=O)=O)[C@H](C)C(=O)NCC(C)C)cc1. The van der Waals surface area contributed by atoms with Crippen molar-refractivity contribution in [3.8, 4) is 5.75 Å². The Morgan fingerprint density at radius 3 is 2.24 bits per heavy atom. The number of nitro groups is 1. The maximum Gasteiger partial charge on any atom is 0.271 e. The molecule has 0 heterocycles. The van der Waals surface area contributed by atoms with Crippen molar-refractivity contribution in [2.45, 2.75) is 40.3 Å². The van der Waals surface area contributed by atoms with Crippen LogP contribution in [-0.2, 0) is 26.2 Å². The molecule has 11 nitrogen and oxygen atoms in total. The van der Waals surface area contributed by atoms with Gasteiger partial charge in [0.1, 0.15) is 18.3 Å². The molecule has 0 aliphatic heterocycles. The lowest BCUT2D eigenvalue weighted by Crippen LogP contribution is -2.51. The third-order valence-corrected chi connectivity index (χ3v) is 6.84. The molecule has 0 aliphatic rings. The molecular weight excluding hydrogens is 500 g/mol. The number of nitro benzene ring substituents is 1. The number of carbonyl (C=O) groups excluding carboxylic acids is 2. The highest BCUT2D eigenvalue weighted by Crippen LogP contribution is 2.28. The van der Waals surface area contributed by atoms with Crippen LogP contribution in [0.2, 0.25) is 0 Å². The van der Waals surface area contributed by atoms with Crippen LogP contribution < -0.4 is 14.4 Å². The first kappa shape index (κ1) is 29.6. The van der Waals surface area contributed by atoms with Crippen molar-refractivity contribution in [1.29, 1.82) is 0 Å². The number of methoxy groups -OCH3 is 1. The number of non-ortho nitro benzene ring substituents is 1. The summed E-state index contributed by atoms with van der Waals surface area (Å²) in [6.07, 6.45) is 0.922. The molecule has 0 saturated heterocycles. The first-order valence-corrected chi connectivity index (χ1v) is 13.5. The van der Waals surface area contributed by atoms with Crippen LogP contribution in [0, 0.1) is 23.0 Å². The van der Waals surface area contributed by atoms with E-state index in [0.717, 1.165) is 16.6 Å². The minimum absolute atomic E-state index is 0.0198. The Labute approximate surface area is 217 Å². The van der Waals surface area contributed by atoms with E-state index >= 15 is 0 Å². The van der Waals surface area contributed by atoms with Gasteiger partial charge in [0.15, 0.2) is 0 Å². The Morgan fingerprint density at radius 2 is 1.73 bits per heavy atom. The van der Waals surface area contributed by atoms with Gasteiger partial charge in [-0.3, -0.25) is 24.0 Å². The summed E-state index contributed by atoms with van der Waals surface area (Å²) in [6.45, 7) is 6.85. The van der Waals surface area contributed by atoms with Gasteiger partial charge in [0.25, 0.3) is 5.69 Å². The largest absolute Gasteiger partial charge is 0.497 e. The second kappa shape index (κ2) is 12.5. The predicted molar refractivity (Wildman–Crippen MR) is 141 cm³/mol. The quantitative estimate of drug-likeness (QED) is 0.326. The highest BCUT2D eigenvalue weighted by molar-refractivity contribution is 7.92. The smallest absolute Gasteiger partial charge is 0.271 e. The van der Waals surface area contributed by atoms with Crippen LogP contribution in [0.5, 0.6) is 5.75 Å². The Bertz CT molecular complexity index is 1230. The molecule has 0 unspecified atom stereocenters. The molecule has 2 aromatic carbocycles. The second-order valence-electron chi connectivity index (χ2n) is 9.18. The van der Waals surface area contributed by atoms with E-state index in [1.54, 1.807) is 38.1 Å². The highest BCUT2D eigenvalue weighted by atomic mass is 32.2. The average Bonchev–Trinajstić information content (AvgIpc) is 2.83. The molecule has 202 valence electrons. The number of sulfonamides is 1. The van der Waals surface area contributed by atoms with Crippen molar-refractivity contribution in [2.75, 3.05) is 30.8 Å². The number of rotatable bonds is 12. The van der Waals surface area contributed by atoms with Crippen LogP contribution >= 0.6 is 0 Å². The zero-order chi connectivity index (χ0) is 27.9. The lowest BCUT2D eigenvalue weighted by molar-refractivity contribution is -0.384. The molecule has 0 fully saturated rings. The fraction of sp³-hybridized carbons (Fsp3) is 0.440. The highest BCUT2D eigenvalue weighted by Gasteiger charge is 2.31. The minimum atomic E-state index is -4.01. The summed E-state index contributed by atoms with van der Waals surface area (Å²) >= 11 is 0. The van der Waals surface area contributed by atoms with Crippen LogP contribution in [0.1, 0.15) is 31.9 Å². The van der Waals surface area contributed by atoms with Crippen molar-refractivity contribution in [3.63, 3.8) is 0 Å². The molecule has 0 bridgehead atoms. The van der Waals surface area contributed by atoms with Gasteiger partial charge in [0, 0.05) is 25.2 Å². The number of carbonyl (C=O) groups is 2. The first-order chi connectivity index (χ1) is 17.2. The minimum Gasteiger partial charge on any atom is -0.497 e. The summed E-state index contributed by atoms with van der Waals surface area (Å²) in [7, 11) is -2.49. The number of amides is 2. The fourth-order valence-electron chi connectivity index (χ4n) is 3.54. The van der Waals surface area contributed by atoms with Crippen LogP contribution in [0.15, 0.2) is 42.5 Å². The fourth-order valence-corrected chi connectivity index (χ4v) is 4.44. The van der Waals surface area contributed by atoms with Gasteiger partial charge in [-0.1, -0.05) is 32.0 Å². The van der Waals surface area contributed by atoms with Gasteiger partial charge in [0.2, 0.25) is 21.8 Å². The number of hydrogen-bond acceptors (Lipinski definition) is 7. The maximum absolute atomic E-state index is 13.6. The molecule has 0 radical (unpaired) electrons. The van der Waals surface area contributed by atoms with Crippen LogP contribution in [0.25, 0.3) is 0 Å². The zero-order valence-corrected chi connectivity index (χ0v) is 22.7. The average molecular weight is 535 g/mol. The maximum atomic E-state index is 13.6. The molecule has 0 aliphatic carbocycles. The molecule has 2 rings (SSSR count). The molecule has 2 amide bonds. The lowest BCUT2D eigenvalue weighted by atomic mass is 10.1. The number of benzene rings is 2. The summed E-state index contributed by atoms with van der Waals surface area (Å²) in [5, 5.41) is 14.1. The van der Waals surface area contributed by atoms with Gasteiger partial charge < -0.3 is 15.0 Å². The van der Waals surface area contributed by atoms with E-state index in [0.29, 0.717) is 23.4 Å². The first-order valence-electron chi connectivity index (χ1n) is 11.7. The summed E-state index contributed by atoms with van der Waals surface area (Å²) in [5.41, 5.74) is 0.855.